The van der Waals surface area contributed by atoms with Crippen LogP contribution in [0.4, 0.5) is 4.79 Å². The van der Waals surface area contributed by atoms with Crippen LogP contribution in [0.1, 0.15) is 50.2 Å². The van der Waals surface area contributed by atoms with Gasteiger partial charge in [-0.15, -0.1) is 6.58 Å². The smallest absolute Gasteiger partial charge is 0.454 e. The molecule has 1 atom stereocenters. The highest BCUT2D eigenvalue weighted by Crippen LogP contribution is 2.30. The summed E-state index contributed by atoms with van der Waals surface area (Å²) in [6, 6.07) is 11.8. The molecule has 1 aromatic carbocycles. The van der Waals surface area contributed by atoms with E-state index in [0.717, 1.165) is 11.3 Å². The highest BCUT2D eigenvalue weighted by molar-refractivity contribution is 5.94. The molecule has 0 fully saturated rings. The van der Waals surface area contributed by atoms with Crippen molar-refractivity contribution in [3.05, 3.63) is 65.5 Å². The Morgan fingerprint density at radius 3 is 2.41 bits per heavy atom. The number of rotatable bonds is 8. The maximum Gasteiger partial charge on any atom is 0.511 e. The molecule has 0 amide bonds. The van der Waals surface area contributed by atoms with Crippen LogP contribution in [0, 0.1) is 24.2 Å². The average molecular weight is 438 g/mol. The lowest BCUT2D eigenvalue weighted by Crippen LogP contribution is -2.14. The van der Waals surface area contributed by atoms with E-state index in [1.807, 2.05) is 38.1 Å². The number of hydrogen-bond donors (Lipinski definition) is 0. The number of ether oxygens (including phenoxy) is 3. The van der Waals surface area contributed by atoms with Gasteiger partial charge in [-0.1, -0.05) is 58.0 Å². The van der Waals surface area contributed by atoms with Crippen molar-refractivity contribution in [2.24, 2.45) is 13.0 Å². The number of nitrogens with zero attached hydrogens (tertiary/aromatic N) is 3. The Morgan fingerprint density at radius 1 is 1.25 bits per heavy atom. The van der Waals surface area contributed by atoms with Crippen molar-refractivity contribution < 1.29 is 19.0 Å². The van der Waals surface area contributed by atoms with Crippen LogP contribution in [0.2, 0.25) is 0 Å². The molecule has 1 unspecified atom stereocenters. The topological polar surface area (TPSA) is 86.4 Å². The first-order chi connectivity index (χ1) is 15.1. The van der Waals surface area contributed by atoms with Crippen LogP contribution in [-0.2, 0) is 26.7 Å². The van der Waals surface area contributed by atoms with Crippen molar-refractivity contribution >= 4 is 17.5 Å². The Labute approximate surface area is 189 Å². The summed E-state index contributed by atoms with van der Waals surface area (Å²) in [6.07, 6.45) is 0.826. The summed E-state index contributed by atoms with van der Waals surface area (Å²) in [4.78, 5) is 11.8. The third-order valence-corrected chi connectivity index (χ3v) is 4.86. The number of benzene rings is 1. The van der Waals surface area contributed by atoms with Gasteiger partial charge in [0.1, 0.15) is 23.9 Å². The van der Waals surface area contributed by atoms with E-state index in [-0.39, 0.29) is 23.7 Å². The maximum atomic E-state index is 11.8. The minimum Gasteiger partial charge on any atom is -0.454 e. The molecule has 7 heteroatoms. The summed E-state index contributed by atoms with van der Waals surface area (Å²) in [7, 11) is 1.76. The maximum absolute atomic E-state index is 11.8. The minimum absolute atomic E-state index is 0.00910. The minimum atomic E-state index is -0.854. The van der Waals surface area contributed by atoms with Gasteiger partial charge in [-0.05, 0) is 29.5 Å². The quantitative estimate of drug-likeness (QED) is 0.181. The summed E-state index contributed by atoms with van der Waals surface area (Å²) in [6.45, 7) is 13.5. The van der Waals surface area contributed by atoms with E-state index in [9.17, 15) is 10.1 Å². The number of carbonyl (C=O) groups excluding carboxylic acids is 1. The molecule has 2 aromatic rings. The molecule has 0 N–H and O–H groups in total. The van der Waals surface area contributed by atoms with Gasteiger partial charge < -0.3 is 14.2 Å². The highest BCUT2D eigenvalue weighted by Gasteiger charge is 2.20. The van der Waals surface area contributed by atoms with E-state index in [1.165, 1.54) is 0 Å². The molecule has 1 aromatic heterocycles. The van der Waals surface area contributed by atoms with E-state index in [4.69, 9.17) is 14.2 Å². The van der Waals surface area contributed by atoms with Crippen LogP contribution in [-0.4, -0.2) is 29.3 Å². The molecule has 7 nitrogen and oxygen atoms in total. The fourth-order valence-electron chi connectivity index (χ4n) is 2.93. The first kappa shape index (κ1) is 24.7. The summed E-state index contributed by atoms with van der Waals surface area (Å²) in [5.74, 6) is 0.281. The summed E-state index contributed by atoms with van der Waals surface area (Å²) in [5, 5.41) is 14.3. The predicted molar refractivity (Wildman–Crippen MR) is 123 cm³/mol. The number of allylic oxidation sites excluding steroid dienone is 1. The normalized spacial score (nSPS) is 12.9. The Kier molecular flexibility index (Phi) is 8.25. The standard InChI is InChI=1S/C25H31N3O4/c1-8-17(2)15-30-24(29)32-16-31-23(22-13-18(3)27-28(22)7)21(14-26)19-9-11-20(12-10-19)25(4,5)6/h8-13,17H,1,15-16H2,2-7H3/b23-21-. The molecule has 0 spiro atoms. The largest absolute Gasteiger partial charge is 0.511 e. The SMILES string of the molecule is C=CC(C)COC(=O)OCO/C(=C(/C#N)c1ccc(C(C)(C)C)cc1)c1cc(C)nn1C. The molecule has 32 heavy (non-hydrogen) atoms. The molecule has 170 valence electrons. The van der Waals surface area contributed by atoms with Gasteiger partial charge >= 0.3 is 6.16 Å². The summed E-state index contributed by atoms with van der Waals surface area (Å²) < 4.78 is 17.5. The van der Waals surface area contributed by atoms with E-state index in [2.05, 4.69) is 38.5 Å². The van der Waals surface area contributed by atoms with Crippen molar-refractivity contribution in [2.45, 2.75) is 40.0 Å². The van der Waals surface area contributed by atoms with Crippen molar-refractivity contribution in [1.82, 2.24) is 9.78 Å². The molecular formula is C25H31N3O4. The van der Waals surface area contributed by atoms with Crippen LogP contribution >= 0.6 is 0 Å². The van der Waals surface area contributed by atoms with Gasteiger partial charge in [0, 0.05) is 13.0 Å². The zero-order chi connectivity index (χ0) is 23.9. The number of carbonyl (C=O) groups is 1. The Morgan fingerprint density at radius 2 is 1.91 bits per heavy atom. The second kappa shape index (κ2) is 10.7. The lowest BCUT2D eigenvalue weighted by Gasteiger charge is -2.19. The van der Waals surface area contributed by atoms with Crippen molar-refractivity contribution in [1.29, 1.82) is 5.26 Å². The van der Waals surface area contributed by atoms with Crippen LogP contribution in [0.25, 0.3) is 11.3 Å². The zero-order valence-corrected chi connectivity index (χ0v) is 19.6. The Balaban J connectivity index is 2.32. The van der Waals surface area contributed by atoms with Crippen LogP contribution in [0.3, 0.4) is 0 Å². The van der Waals surface area contributed by atoms with Gasteiger partial charge in [-0.3, -0.25) is 4.68 Å². The van der Waals surface area contributed by atoms with Gasteiger partial charge in [0.05, 0.1) is 5.69 Å². The van der Waals surface area contributed by atoms with Gasteiger partial charge in [-0.25, -0.2) is 4.79 Å². The molecule has 0 saturated carbocycles. The summed E-state index contributed by atoms with van der Waals surface area (Å²) in [5.41, 5.74) is 3.50. The monoisotopic (exact) mass is 437 g/mol. The molecule has 0 aliphatic rings. The number of hydrogen-bond acceptors (Lipinski definition) is 6. The van der Waals surface area contributed by atoms with Crippen molar-refractivity contribution in [3.63, 3.8) is 0 Å². The van der Waals surface area contributed by atoms with Crippen LogP contribution in [0.5, 0.6) is 0 Å². The predicted octanol–water partition coefficient (Wildman–Crippen LogP) is 5.37. The lowest BCUT2D eigenvalue weighted by molar-refractivity contribution is -0.00833. The first-order valence-electron chi connectivity index (χ1n) is 10.4. The molecular weight excluding hydrogens is 406 g/mol. The number of aromatic nitrogens is 2. The first-order valence-corrected chi connectivity index (χ1v) is 10.4. The Bertz CT molecular complexity index is 1020. The van der Waals surface area contributed by atoms with E-state index in [1.54, 1.807) is 23.9 Å². The van der Waals surface area contributed by atoms with Gasteiger partial charge in [0.2, 0.25) is 6.79 Å². The number of nitriles is 1. The van der Waals surface area contributed by atoms with Crippen LogP contribution in [0.15, 0.2) is 43.0 Å². The molecule has 0 aliphatic heterocycles. The molecule has 0 aliphatic carbocycles. The van der Waals surface area contributed by atoms with Crippen molar-refractivity contribution in [3.8, 4) is 6.07 Å². The second-order valence-electron chi connectivity index (χ2n) is 8.62. The fraction of sp³-hybridized carbons (Fsp3) is 0.400. The molecule has 1 heterocycles. The van der Waals surface area contributed by atoms with Crippen molar-refractivity contribution in [2.75, 3.05) is 13.4 Å². The summed E-state index contributed by atoms with van der Waals surface area (Å²) >= 11 is 0. The third kappa shape index (κ3) is 6.48. The lowest BCUT2D eigenvalue weighted by atomic mass is 9.86. The fourth-order valence-corrected chi connectivity index (χ4v) is 2.93. The second-order valence-corrected chi connectivity index (χ2v) is 8.62. The van der Waals surface area contributed by atoms with Gasteiger partial charge in [-0.2, -0.15) is 10.4 Å². The molecule has 0 bridgehead atoms. The highest BCUT2D eigenvalue weighted by atomic mass is 16.8. The molecule has 0 radical (unpaired) electrons. The van der Waals surface area contributed by atoms with Gasteiger partial charge in [0.25, 0.3) is 0 Å². The number of aryl methyl sites for hydroxylation is 2. The van der Waals surface area contributed by atoms with Crippen LogP contribution < -0.4 is 0 Å². The van der Waals surface area contributed by atoms with E-state index in [0.29, 0.717) is 16.8 Å². The van der Waals surface area contributed by atoms with Gasteiger partial charge in [0.15, 0.2) is 5.76 Å². The zero-order valence-electron chi connectivity index (χ0n) is 19.6. The Hall–Kier alpha value is -3.53. The van der Waals surface area contributed by atoms with E-state index >= 15 is 0 Å². The molecule has 0 saturated heterocycles. The molecule has 2 rings (SSSR count). The average Bonchev–Trinajstić information content (AvgIpc) is 3.08. The van der Waals surface area contributed by atoms with E-state index < -0.39 is 12.9 Å². The third-order valence-electron chi connectivity index (χ3n) is 4.86.